The first-order valence-corrected chi connectivity index (χ1v) is 11.3. The number of nitrogens with one attached hydrogen (secondary N) is 2. The van der Waals surface area contributed by atoms with Crippen LogP contribution in [0.5, 0.6) is 0 Å². The molecule has 1 saturated heterocycles. The van der Waals surface area contributed by atoms with Crippen molar-refractivity contribution in [3.05, 3.63) is 96.8 Å². The maximum atomic E-state index is 13.0. The summed E-state index contributed by atoms with van der Waals surface area (Å²) >= 11 is 0. The van der Waals surface area contributed by atoms with Crippen molar-refractivity contribution < 1.29 is 18.1 Å². The van der Waals surface area contributed by atoms with Crippen molar-refractivity contribution in [2.45, 2.75) is 12.7 Å². The van der Waals surface area contributed by atoms with Gasteiger partial charge in [-0.15, -0.1) is 0 Å². The molecule has 2 aromatic carbocycles. The number of halogens is 3. The van der Waals surface area contributed by atoms with Gasteiger partial charge in [-0.3, -0.25) is 24.6 Å². The number of aromatic amines is 2. The maximum absolute atomic E-state index is 13.0. The summed E-state index contributed by atoms with van der Waals surface area (Å²) < 4.78 is 40.7. The Morgan fingerprint density at radius 2 is 1.62 bits per heavy atom. The van der Waals surface area contributed by atoms with Gasteiger partial charge in [0.2, 0.25) is 0 Å². The van der Waals surface area contributed by atoms with E-state index in [1.807, 2.05) is 11.0 Å². The van der Waals surface area contributed by atoms with Crippen molar-refractivity contribution in [1.29, 1.82) is 0 Å². The zero-order valence-corrected chi connectivity index (χ0v) is 19.3. The Morgan fingerprint density at radius 3 is 2.27 bits per heavy atom. The minimum Gasteiger partial charge on any atom is -0.369 e. The minimum atomic E-state index is -4.39. The van der Waals surface area contributed by atoms with Gasteiger partial charge in [0.1, 0.15) is 5.69 Å². The number of alkyl halides is 3. The van der Waals surface area contributed by atoms with E-state index in [2.05, 4.69) is 14.9 Å². The lowest BCUT2D eigenvalue weighted by molar-refractivity contribution is -0.384. The van der Waals surface area contributed by atoms with E-state index in [0.717, 1.165) is 17.7 Å². The Balaban J connectivity index is 1.31. The number of nitro groups is 1. The lowest BCUT2D eigenvalue weighted by atomic mass is 10.1. The van der Waals surface area contributed by atoms with Gasteiger partial charge in [-0.05, 0) is 35.9 Å². The number of piperazine rings is 1. The molecule has 0 aliphatic carbocycles. The lowest BCUT2D eigenvalue weighted by Gasteiger charge is -2.36. The highest BCUT2D eigenvalue weighted by atomic mass is 19.4. The third kappa shape index (κ3) is 4.98. The molecule has 4 aromatic rings. The normalized spacial score (nSPS) is 14.8. The summed E-state index contributed by atoms with van der Waals surface area (Å²) in [5, 5.41) is 11.7. The molecule has 3 heterocycles. The Labute approximate surface area is 206 Å². The molecule has 0 radical (unpaired) electrons. The first-order chi connectivity index (χ1) is 17.6. The molecule has 0 unspecified atom stereocenters. The second-order valence-electron chi connectivity index (χ2n) is 8.79. The number of H-pyrrole nitrogens is 2. The molecule has 1 aliphatic heterocycles. The molecule has 0 saturated carbocycles. The summed E-state index contributed by atoms with van der Waals surface area (Å²) in [5.74, 6) is 0. The van der Waals surface area contributed by atoms with Crippen LogP contribution in [0.2, 0.25) is 0 Å². The molecule has 0 amide bonds. The number of hydrogen-bond acceptors (Lipinski definition) is 6. The highest BCUT2D eigenvalue weighted by Gasteiger charge is 2.31. The predicted octanol–water partition coefficient (Wildman–Crippen LogP) is 3.26. The third-order valence-electron chi connectivity index (χ3n) is 6.36. The molecule has 0 atom stereocenters. The number of rotatable bonds is 5. The molecule has 2 N–H and O–H groups in total. The molecule has 5 rings (SSSR count). The fourth-order valence-corrected chi connectivity index (χ4v) is 4.48. The average molecular weight is 514 g/mol. The van der Waals surface area contributed by atoms with Crippen molar-refractivity contribution in [2.75, 3.05) is 31.1 Å². The second-order valence-corrected chi connectivity index (χ2v) is 8.79. The summed E-state index contributed by atoms with van der Waals surface area (Å²) in [6.07, 6.45) is -0.971. The number of aromatic nitrogens is 3. The summed E-state index contributed by atoms with van der Waals surface area (Å²) in [4.78, 5) is 43.3. The highest BCUT2D eigenvalue weighted by Crippen LogP contribution is 2.32. The fourth-order valence-electron chi connectivity index (χ4n) is 4.48. The van der Waals surface area contributed by atoms with Crippen LogP contribution in [0, 0.1) is 10.1 Å². The van der Waals surface area contributed by atoms with E-state index < -0.39 is 27.8 Å². The number of hydrogen-bond donors (Lipinski definition) is 2. The summed E-state index contributed by atoms with van der Waals surface area (Å²) in [6, 6.07) is 9.76. The zero-order valence-electron chi connectivity index (χ0n) is 19.3. The SMILES string of the molecule is O=c1[nH]c2cc(-n3ccc(CN4CCN(c5cccc(C(F)(F)F)c5)CC4)c3)c([N+](=O)[O-])cc2[nH]c1=O. The zero-order chi connectivity index (χ0) is 26.3. The van der Waals surface area contributed by atoms with Gasteiger partial charge in [-0.2, -0.15) is 13.2 Å². The van der Waals surface area contributed by atoms with E-state index in [1.165, 1.54) is 18.2 Å². The van der Waals surface area contributed by atoms with Crippen LogP contribution >= 0.6 is 0 Å². The van der Waals surface area contributed by atoms with Gasteiger partial charge in [-0.1, -0.05) is 6.07 Å². The van der Waals surface area contributed by atoms with E-state index in [9.17, 15) is 32.9 Å². The second kappa shape index (κ2) is 9.24. The van der Waals surface area contributed by atoms with Crippen molar-refractivity contribution >= 4 is 22.4 Å². The van der Waals surface area contributed by atoms with Gasteiger partial charge in [0.25, 0.3) is 5.69 Å². The van der Waals surface area contributed by atoms with Gasteiger partial charge in [0.05, 0.1) is 21.5 Å². The lowest BCUT2D eigenvalue weighted by Crippen LogP contribution is -2.46. The van der Waals surface area contributed by atoms with Crippen molar-refractivity contribution in [3.63, 3.8) is 0 Å². The van der Waals surface area contributed by atoms with Crippen molar-refractivity contribution in [3.8, 4) is 5.69 Å². The average Bonchev–Trinajstić information content (AvgIpc) is 3.32. The van der Waals surface area contributed by atoms with Gasteiger partial charge in [0, 0.05) is 56.9 Å². The Hall–Kier alpha value is -4.39. The molecule has 10 nitrogen and oxygen atoms in total. The van der Waals surface area contributed by atoms with Crippen LogP contribution in [0.3, 0.4) is 0 Å². The standard InChI is InChI=1S/C24H21F3N6O4/c25-24(26,27)16-2-1-3-17(10-16)31-8-6-30(7-9-31)13-15-4-5-32(14-15)20-11-18-19(12-21(20)33(36)37)29-23(35)22(34)28-18/h1-5,10-12,14H,6-9,13H2,(H,28,34)(H,29,35). The van der Waals surface area contributed by atoms with Crippen molar-refractivity contribution in [2.24, 2.45) is 0 Å². The fraction of sp³-hybridized carbons (Fsp3) is 0.250. The van der Waals surface area contributed by atoms with E-state index >= 15 is 0 Å². The maximum Gasteiger partial charge on any atom is 0.416 e. The van der Waals surface area contributed by atoms with Gasteiger partial charge in [0.15, 0.2) is 0 Å². The predicted molar refractivity (Wildman–Crippen MR) is 130 cm³/mol. The van der Waals surface area contributed by atoms with Gasteiger partial charge >= 0.3 is 17.3 Å². The van der Waals surface area contributed by atoms with Gasteiger partial charge in [-0.25, -0.2) is 0 Å². The molecule has 0 bridgehead atoms. The van der Waals surface area contributed by atoms with Gasteiger partial charge < -0.3 is 19.4 Å². The molecule has 37 heavy (non-hydrogen) atoms. The van der Waals surface area contributed by atoms with Crippen LogP contribution in [0.25, 0.3) is 16.7 Å². The number of nitrogens with zero attached hydrogens (tertiary/aromatic N) is 4. The molecular weight excluding hydrogens is 493 g/mol. The Bertz CT molecular complexity index is 1600. The molecule has 2 aromatic heterocycles. The molecule has 192 valence electrons. The van der Waals surface area contributed by atoms with Crippen LogP contribution in [0.1, 0.15) is 11.1 Å². The third-order valence-corrected chi connectivity index (χ3v) is 6.36. The Kier molecular flexibility index (Phi) is 6.07. The largest absolute Gasteiger partial charge is 0.416 e. The summed E-state index contributed by atoms with van der Waals surface area (Å²) in [5.41, 5.74) is -0.631. The highest BCUT2D eigenvalue weighted by molar-refractivity contribution is 5.81. The van der Waals surface area contributed by atoms with E-state index in [1.54, 1.807) is 23.0 Å². The molecule has 0 spiro atoms. The van der Waals surface area contributed by atoms with E-state index in [0.29, 0.717) is 38.4 Å². The quantitative estimate of drug-likeness (QED) is 0.240. The first-order valence-electron chi connectivity index (χ1n) is 11.3. The molecule has 1 aliphatic rings. The number of anilines is 1. The number of benzene rings is 2. The summed E-state index contributed by atoms with van der Waals surface area (Å²) in [6.45, 7) is 2.93. The van der Waals surface area contributed by atoms with Crippen molar-refractivity contribution in [1.82, 2.24) is 19.4 Å². The molecule has 1 fully saturated rings. The van der Waals surface area contributed by atoms with Crippen LogP contribution in [-0.4, -0.2) is 50.5 Å². The molecular formula is C24H21F3N6O4. The minimum absolute atomic E-state index is 0.145. The van der Waals surface area contributed by atoms with Crippen LogP contribution in [0.4, 0.5) is 24.5 Å². The van der Waals surface area contributed by atoms with Crippen LogP contribution in [0.15, 0.2) is 64.4 Å². The monoisotopic (exact) mass is 514 g/mol. The first kappa shape index (κ1) is 24.3. The van der Waals surface area contributed by atoms with E-state index in [-0.39, 0.29) is 22.4 Å². The number of fused-ring (bicyclic) bond motifs is 1. The molecule has 13 heteroatoms. The van der Waals surface area contributed by atoms with Crippen LogP contribution in [-0.2, 0) is 12.7 Å². The Morgan fingerprint density at radius 1 is 0.946 bits per heavy atom. The van der Waals surface area contributed by atoms with E-state index in [4.69, 9.17) is 0 Å². The topological polar surface area (TPSA) is 120 Å². The smallest absolute Gasteiger partial charge is 0.369 e. The van der Waals surface area contributed by atoms with Crippen LogP contribution < -0.4 is 16.0 Å². The summed E-state index contributed by atoms with van der Waals surface area (Å²) in [7, 11) is 0. The number of nitro benzene ring substituents is 1.